The Morgan fingerprint density at radius 3 is 2.65 bits per heavy atom. The van der Waals surface area contributed by atoms with Crippen LogP contribution in [0.15, 0.2) is 43.0 Å². The van der Waals surface area contributed by atoms with Crippen molar-refractivity contribution in [2.24, 2.45) is 0 Å². The van der Waals surface area contributed by atoms with Gasteiger partial charge in [0.15, 0.2) is 0 Å². The van der Waals surface area contributed by atoms with Crippen molar-refractivity contribution < 1.29 is 4.74 Å². The number of benzene rings is 1. The normalized spacial score (nSPS) is 12.1. The van der Waals surface area contributed by atoms with Crippen LogP contribution in [0.2, 0.25) is 0 Å². The minimum Gasteiger partial charge on any atom is -0.496 e. The maximum absolute atomic E-state index is 5.43. The molecule has 1 unspecified atom stereocenters. The molecule has 1 aromatic heterocycles. The van der Waals surface area contributed by atoms with Crippen molar-refractivity contribution in [2.75, 3.05) is 13.7 Å². The van der Waals surface area contributed by atoms with Crippen molar-refractivity contribution in [3.05, 3.63) is 54.1 Å². The van der Waals surface area contributed by atoms with Gasteiger partial charge >= 0.3 is 0 Å². The molecule has 0 fully saturated rings. The topological polar surface area (TPSA) is 47.0 Å². The van der Waals surface area contributed by atoms with Crippen LogP contribution in [0.4, 0.5) is 0 Å². The molecular formula is C16H21N3O. The van der Waals surface area contributed by atoms with Crippen LogP contribution >= 0.6 is 0 Å². The minimum absolute atomic E-state index is 0.201. The summed E-state index contributed by atoms with van der Waals surface area (Å²) in [6, 6.07) is 8.32. The van der Waals surface area contributed by atoms with Gasteiger partial charge in [-0.1, -0.05) is 25.1 Å². The van der Waals surface area contributed by atoms with Gasteiger partial charge in [0.2, 0.25) is 0 Å². The molecule has 1 heterocycles. The Bertz CT molecular complexity index is 516. The van der Waals surface area contributed by atoms with E-state index in [0.29, 0.717) is 0 Å². The van der Waals surface area contributed by atoms with Crippen LogP contribution in [-0.4, -0.2) is 23.6 Å². The summed E-state index contributed by atoms with van der Waals surface area (Å²) >= 11 is 0. The van der Waals surface area contributed by atoms with E-state index in [9.17, 15) is 0 Å². The van der Waals surface area contributed by atoms with E-state index < -0.39 is 0 Å². The molecule has 0 amide bonds. The predicted octanol–water partition coefficient (Wildman–Crippen LogP) is 2.77. The molecule has 2 aromatic rings. The highest BCUT2D eigenvalue weighted by Crippen LogP contribution is 2.24. The van der Waals surface area contributed by atoms with Crippen LogP contribution in [-0.2, 0) is 6.42 Å². The Kier molecular flexibility index (Phi) is 5.50. The molecule has 0 saturated heterocycles. The Labute approximate surface area is 120 Å². The molecule has 20 heavy (non-hydrogen) atoms. The summed E-state index contributed by atoms with van der Waals surface area (Å²) in [4.78, 5) is 8.23. The maximum atomic E-state index is 5.43. The highest BCUT2D eigenvalue weighted by molar-refractivity contribution is 5.34. The average molecular weight is 271 g/mol. The number of nitrogens with zero attached hydrogens (tertiary/aromatic N) is 2. The van der Waals surface area contributed by atoms with E-state index in [-0.39, 0.29) is 6.04 Å². The van der Waals surface area contributed by atoms with Crippen LogP contribution in [0.1, 0.15) is 30.5 Å². The van der Waals surface area contributed by atoms with Crippen molar-refractivity contribution >= 4 is 0 Å². The van der Waals surface area contributed by atoms with E-state index in [1.54, 1.807) is 13.4 Å². The molecule has 1 aromatic carbocycles. The van der Waals surface area contributed by atoms with Crippen LogP contribution in [0.25, 0.3) is 0 Å². The second-order valence-corrected chi connectivity index (χ2v) is 4.69. The molecule has 0 radical (unpaired) electrons. The zero-order chi connectivity index (χ0) is 14.2. The SMILES string of the molecule is CCCNC(Cc1ccccc1OC)c1cncnc1. The smallest absolute Gasteiger partial charge is 0.122 e. The molecule has 0 aliphatic rings. The lowest BCUT2D eigenvalue weighted by molar-refractivity contribution is 0.405. The first-order valence-corrected chi connectivity index (χ1v) is 6.95. The molecule has 0 spiro atoms. The summed E-state index contributed by atoms with van der Waals surface area (Å²) in [7, 11) is 1.71. The third-order valence-electron chi connectivity index (χ3n) is 3.24. The summed E-state index contributed by atoms with van der Waals surface area (Å²) in [5.41, 5.74) is 2.29. The predicted molar refractivity (Wildman–Crippen MR) is 79.8 cm³/mol. The molecule has 0 aliphatic heterocycles. The molecular weight excluding hydrogens is 250 g/mol. The zero-order valence-corrected chi connectivity index (χ0v) is 12.0. The Balaban J connectivity index is 2.19. The van der Waals surface area contributed by atoms with Crippen molar-refractivity contribution in [1.29, 1.82) is 0 Å². The number of ether oxygens (including phenoxy) is 1. The van der Waals surface area contributed by atoms with Gasteiger partial charge in [-0.15, -0.1) is 0 Å². The third kappa shape index (κ3) is 3.78. The highest BCUT2D eigenvalue weighted by atomic mass is 16.5. The standard InChI is InChI=1S/C16H21N3O/c1-3-8-19-15(14-10-17-12-18-11-14)9-13-6-4-5-7-16(13)20-2/h4-7,10-12,15,19H,3,8-9H2,1-2H3. The van der Waals surface area contributed by atoms with Crippen molar-refractivity contribution in [1.82, 2.24) is 15.3 Å². The summed E-state index contributed by atoms with van der Waals surface area (Å²) in [5.74, 6) is 0.924. The first-order chi connectivity index (χ1) is 9.85. The lowest BCUT2D eigenvalue weighted by Crippen LogP contribution is -2.24. The number of rotatable bonds is 7. The minimum atomic E-state index is 0.201. The van der Waals surface area contributed by atoms with Gasteiger partial charge in [-0.05, 0) is 31.0 Å². The molecule has 0 aliphatic carbocycles. The average Bonchev–Trinajstić information content (AvgIpc) is 2.52. The lowest BCUT2D eigenvalue weighted by atomic mass is 10.00. The monoisotopic (exact) mass is 271 g/mol. The lowest BCUT2D eigenvalue weighted by Gasteiger charge is -2.19. The Hall–Kier alpha value is -1.94. The van der Waals surface area contributed by atoms with E-state index in [4.69, 9.17) is 4.74 Å². The quantitative estimate of drug-likeness (QED) is 0.841. The van der Waals surface area contributed by atoms with E-state index in [0.717, 1.165) is 30.7 Å². The first kappa shape index (κ1) is 14.5. The van der Waals surface area contributed by atoms with E-state index in [2.05, 4.69) is 28.3 Å². The van der Waals surface area contributed by atoms with E-state index >= 15 is 0 Å². The third-order valence-corrected chi connectivity index (χ3v) is 3.24. The maximum Gasteiger partial charge on any atom is 0.122 e. The van der Waals surface area contributed by atoms with Crippen LogP contribution in [0, 0.1) is 0 Å². The molecule has 2 rings (SSSR count). The first-order valence-electron chi connectivity index (χ1n) is 6.95. The summed E-state index contributed by atoms with van der Waals surface area (Å²) in [5, 5.41) is 3.55. The summed E-state index contributed by atoms with van der Waals surface area (Å²) in [6.45, 7) is 3.13. The Morgan fingerprint density at radius 2 is 1.95 bits per heavy atom. The number of nitrogens with one attached hydrogen (secondary N) is 1. The molecule has 1 atom stereocenters. The number of hydrogen-bond acceptors (Lipinski definition) is 4. The van der Waals surface area contributed by atoms with Crippen LogP contribution in [0.5, 0.6) is 5.75 Å². The number of hydrogen-bond donors (Lipinski definition) is 1. The molecule has 0 saturated carbocycles. The summed E-state index contributed by atoms with van der Waals surface area (Å²) < 4.78 is 5.43. The highest BCUT2D eigenvalue weighted by Gasteiger charge is 2.14. The second-order valence-electron chi connectivity index (χ2n) is 4.69. The van der Waals surface area contributed by atoms with Crippen LogP contribution in [0.3, 0.4) is 0 Å². The fourth-order valence-electron chi connectivity index (χ4n) is 2.21. The molecule has 0 bridgehead atoms. The van der Waals surface area contributed by atoms with E-state index in [1.165, 1.54) is 5.56 Å². The Morgan fingerprint density at radius 1 is 1.20 bits per heavy atom. The second kappa shape index (κ2) is 7.60. The van der Waals surface area contributed by atoms with Gasteiger partial charge in [-0.3, -0.25) is 0 Å². The van der Waals surface area contributed by atoms with Gasteiger partial charge in [0.05, 0.1) is 7.11 Å². The van der Waals surface area contributed by atoms with Gasteiger partial charge < -0.3 is 10.1 Å². The van der Waals surface area contributed by atoms with Gasteiger partial charge in [0, 0.05) is 24.0 Å². The molecule has 4 heteroatoms. The van der Waals surface area contributed by atoms with Gasteiger partial charge in [-0.2, -0.15) is 0 Å². The van der Waals surface area contributed by atoms with Crippen molar-refractivity contribution in [3.8, 4) is 5.75 Å². The fraction of sp³-hybridized carbons (Fsp3) is 0.375. The molecule has 4 nitrogen and oxygen atoms in total. The summed E-state index contributed by atoms with van der Waals surface area (Å²) in [6.07, 6.45) is 7.25. The van der Waals surface area contributed by atoms with Crippen molar-refractivity contribution in [3.63, 3.8) is 0 Å². The molecule has 1 N–H and O–H groups in total. The zero-order valence-electron chi connectivity index (χ0n) is 12.0. The number of para-hydroxylation sites is 1. The largest absolute Gasteiger partial charge is 0.496 e. The fourth-order valence-corrected chi connectivity index (χ4v) is 2.21. The van der Waals surface area contributed by atoms with Gasteiger partial charge in [0.25, 0.3) is 0 Å². The number of methoxy groups -OCH3 is 1. The number of aromatic nitrogens is 2. The van der Waals surface area contributed by atoms with Gasteiger partial charge in [-0.25, -0.2) is 9.97 Å². The molecule has 106 valence electrons. The van der Waals surface area contributed by atoms with Gasteiger partial charge in [0.1, 0.15) is 12.1 Å². The van der Waals surface area contributed by atoms with Crippen molar-refractivity contribution in [2.45, 2.75) is 25.8 Å². The van der Waals surface area contributed by atoms with Crippen LogP contribution < -0.4 is 10.1 Å². The van der Waals surface area contributed by atoms with E-state index in [1.807, 2.05) is 30.6 Å².